The van der Waals surface area contributed by atoms with Gasteiger partial charge >= 0.3 is 0 Å². The molecule has 41 heteroatoms. The van der Waals surface area contributed by atoms with E-state index in [0.29, 0.717) is 99.5 Å². The van der Waals surface area contributed by atoms with Crippen molar-refractivity contribution >= 4 is 39.8 Å². The first-order chi connectivity index (χ1) is 66.4. The lowest BCUT2D eigenvalue weighted by molar-refractivity contribution is 0.278. The van der Waals surface area contributed by atoms with E-state index in [2.05, 4.69) is 0 Å². The van der Waals surface area contributed by atoms with Crippen LogP contribution in [-0.4, -0.2) is 47.1 Å². The molecular formula is C98H64F27N7O7. The van der Waals surface area contributed by atoms with Crippen LogP contribution in [0.15, 0.2) is 218 Å². The van der Waals surface area contributed by atoms with Gasteiger partial charge in [-0.05, 0) is 146 Å². The number of halogens is 27. The molecule has 14 aromatic rings. The Balaban J connectivity index is 0.000000123. The Morgan fingerprint density at radius 1 is 0.158 bits per heavy atom. The van der Waals surface area contributed by atoms with Gasteiger partial charge < -0.3 is 67.5 Å². The van der Waals surface area contributed by atoms with Crippen molar-refractivity contribution in [2.45, 2.75) is 45.8 Å². The molecule has 0 unspecified atom stereocenters. The van der Waals surface area contributed by atoms with E-state index in [1.54, 1.807) is 37.8 Å². The van der Waals surface area contributed by atoms with Crippen molar-refractivity contribution in [1.82, 2.24) is 0 Å². The van der Waals surface area contributed by atoms with E-state index in [-0.39, 0.29) is 137 Å². The van der Waals surface area contributed by atoms with Crippen LogP contribution < -0.4 is 67.5 Å². The molecule has 0 aliphatic carbocycles. The average Bonchev–Trinajstić information content (AvgIpc) is 0.792. The summed E-state index contributed by atoms with van der Waals surface area (Å²) in [6, 6.07) is 40.9. The number of benzene rings is 14. The van der Waals surface area contributed by atoms with Gasteiger partial charge in [-0.1, -0.05) is 0 Å². The van der Waals surface area contributed by atoms with Gasteiger partial charge in [0.1, 0.15) is 98.2 Å². The highest BCUT2D eigenvalue weighted by Crippen LogP contribution is 2.41. The molecule has 14 aromatic carbocycles. The highest BCUT2D eigenvalue weighted by Gasteiger charge is 2.32. The predicted octanol–water partition coefficient (Wildman–Crippen LogP) is 25.1. The number of rotatable bonds is 7. The maximum absolute atomic E-state index is 13.7. The Hall–Kier alpha value is -15.6. The summed E-state index contributed by atoms with van der Waals surface area (Å²) in [6.07, 6.45) is 0. The van der Waals surface area contributed by atoms with Gasteiger partial charge in [-0.2, -0.15) is 0 Å². The van der Waals surface area contributed by atoms with Crippen LogP contribution in [0.4, 0.5) is 158 Å². The van der Waals surface area contributed by atoms with Gasteiger partial charge in [-0.3, -0.25) is 0 Å². The van der Waals surface area contributed by atoms with Gasteiger partial charge in [-0.25, -0.2) is 119 Å². The fraction of sp³-hybridized carbons (Fsp3) is 0.143. The summed E-state index contributed by atoms with van der Waals surface area (Å²) in [5, 5.41) is 0. The van der Waals surface area contributed by atoms with Crippen LogP contribution in [0.5, 0.6) is 40.2 Å². The average molecular weight is 1960 g/mol. The SMILES string of the molecule is Fc1cc(F)c(N2COc3cc(F)c(F)cc3C2)c(F)c1.Fc1cc(F)c(N2COc3ccc(F)cc3C2)c(F)c1.Fc1ccc(N2COc3cc(F)c(F)c(F)c3C2)cc1.Fc1ccc(N2COc3cc(F)c(F)cc3C2)c(F)c1.Fc1ccc(N2COc3cc(F)c(F)cc3C2)cc1.Fc1ccc(N2COc3cc(F)c(F)cc3C2)cc1F.Fc1ccc2c(c1)CN(c1ccc(F)c(F)c1)CO2. The summed E-state index contributed by atoms with van der Waals surface area (Å²) in [4.78, 5) is 10.5. The van der Waals surface area contributed by atoms with Crippen molar-refractivity contribution in [3.05, 3.63) is 414 Å². The molecule has 0 fully saturated rings. The lowest BCUT2D eigenvalue weighted by atomic mass is 10.1. The van der Waals surface area contributed by atoms with Crippen molar-refractivity contribution in [1.29, 1.82) is 0 Å². The molecule has 0 spiro atoms. The van der Waals surface area contributed by atoms with Crippen LogP contribution >= 0.6 is 0 Å². The second-order valence-electron chi connectivity index (χ2n) is 30.9. The zero-order valence-corrected chi connectivity index (χ0v) is 70.9. The number of anilines is 7. The molecule has 21 rings (SSSR count). The van der Waals surface area contributed by atoms with Crippen molar-refractivity contribution in [3.8, 4) is 40.2 Å². The highest BCUT2D eigenvalue weighted by molar-refractivity contribution is 5.59. The third kappa shape index (κ3) is 23.2. The topological polar surface area (TPSA) is 87.3 Å². The summed E-state index contributed by atoms with van der Waals surface area (Å²) in [6.45, 7) is 1.27. The Bertz CT molecular complexity index is 6880. The Kier molecular flexibility index (Phi) is 29.8. The third-order valence-corrected chi connectivity index (χ3v) is 21.6. The second kappa shape index (κ2) is 42.3. The van der Waals surface area contributed by atoms with E-state index >= 15 is 0 Å². The van der Waals surface area contributed by atoms with Gasteiger partial charge in [-0.15, -0.1) is 0 Å². The minimum absolute atomic E-state index is 0.0141. The number of ether oxygens (including phenoxy) is 7. The summed E-state index contributed by atoms with van der Waals surface area (Å²) < 4.78 is 393. The highest BCUT2D eigenvalue weighted by atomic mass is 19.2. The smallest absolute Gasteiger partial charge is 0.195 e. The van der Waals surface area contributed by atoms with Crippen molar-refractivity contribution in [3.63, 3.8) is 0 Å². The summed E-state index contributed by atoms with van der Waals surface area (Å²) in [7, 11) is 0. The van der Waals surface area contributed by atoms with Gasteiger partial charge in [0.15, 0.2) is 158 Å². The lowest BCUT2D eigenvalue weighted by Crippen LogP contribution is -2.33. The molecule has 14 nitrogen and oxygen atoms in total. The molecule has 0 aromatic heterocycles. The summed E-state index contributed by atoms with van der Waals surface area (Å²) >= 11 is 0. The van der Waals surface area contributed by atoms with Crippen LogP contribution in [0.3, 0.4) is 0 Å². The Morgan fingerprint density at radius 2 is 0.417 bits per heavy atom. The number of fused-ring (bicyclic) bond motifs is 7. The first-order valence-electron chi connectivity index (χ1n) is 40.9. The molecule has 7 heterocycles. The van der Waals surface area contributed by atoms with Gasteiger partial charge in [0.2, 0.25) is 0 Å². The predicted molar refractivity (Wildman–Crippen MR) is 451 cm³/mol. The maximum Gasteiger partial charge on any atom is 0.195 e. The second-order valence-corrected chi connectivity index (χ2v) is 30.9. The van der Waals surface area contributed by atoms with Crippen molar-refractivity contribution in [2.75, 3.05) is 81.4 Å². The number of hydrogen-bond donors (Lipinski definition) is 0. The zero-order valence-electron chi connectivity index (χ0n) is 70.9. The quantitative estimate of drug-likeness (QED) is 0.112. The molecule has 0 saturated carbocycles. The van der Waals surface area contributed by atoms with E-state index in [1.807, 2.05) is 0 Å². The molecule has 139 heavy (non-hydrogen) atoms. The van der Waals surface area contributed by atoms with E-state index < -0.39 is 151 Å². The van der Waals surface area contributed by atoms with E-state index in [9.17, 15) is 119 Å². The van der Waals surface area contributed by atoms with Crippen molar-refractivity contribution < 1.29 is 152 Å². The van der Waals surface area contributed by atoms with E-state index in [0.717, 1.165) is 102 Å². The van der Waals surface area contributed by atoms with Gasteiger partial charge in [0.25, 0.3) is 0 Å². The Labute approximate surface area is 770 Å². The minimum Gasteiger partial charge on any atom is -0.473 e. The van der Waals surface area contributed by atoms with Gasteiger partial charge in [0.05, 0.1) is 37.4 Å². The van der Waals surface area contributed by atoms with Gasteiger partial charge in [0, 0.05) is 149 Å². The molecule has 722 valence electrons. The molecule has 0 N–H and O–H groups in total. The van der Waals surface area contributed by atoms with Crippen LogP contribution in [0.1, 0.15) is 38.9 Å². The molecule has 0 atom stereocenters. The Morgan fingerprint density at radius 3 is 0.784 bits per heavy atom. The van der Waals surface area contributed by atoms with Crippen LogP contribution in [0.2, 0.25) is 0 Å². The van der Waals surface area contributed by atoms with Crippen LogP contribution in [0.25, 0.3) is 0 Å². The monoisotopic (exact) mass is 1960 g/mol. The van der Waals surface area contributed by atoms with Crippen LogP contribution in [-0.2, 0) is 45.8 Å². The fourth-order valence-electron chi connectivity index (χ4n) is 14.8. The maximum atomic E-state index is 13.7. The summed E-state index contributed by atoms with van der Waals surface area (Å²) in [5.41, 5.74) is 4.27. The number of hydrogen-bond acceptors (Lipinski definition) is 14. The van der Waals surface area contributed by atoms with Crippen LogP contribution in [0, 0.1) is 157 Å². The molecule has 0 bridgehead atoms. The zero-order chi connectivity index (χ0) is 99.1. The summed E-state index contributed by atoms with van der Waals surface area (Å²) in [5.74, 6) is -22.9. The fourth-order valence-corrected chi connectivity index (χ4v) is 14.8. The first kappa shape index (κ1) is 97.9. The molecular weight excluding hydrogens is 1900 g/mol. The lowest BCUT2D eigenvalue weighted by Gasteiger charge is -2.31. The third-order valence-electron chi connectivity index (χ3n) is 21.6. The molecule has 0 radical (unpaired) electrons. The normalized spacial score (nSPS) is 13.9. The first-order valence-corrected chi connectivity index (χ1v) is 40.9. The standard InChI is InChI=1S/C14H8F5NO.4C14H9F4NO.2C14H10F3NO/c15-8-2-11(18)14(12(19)3-8)20-5-7-1-9(16)10(17)4-13(7)21-6-20;15-8-1-3-9(4-2-8)19-6-10-12(20-7-19)5-11(16)14(18)13(10)17;15-9-1-2-13(12(18)4-9)19-6-8-3-10(16)11(17)5-14(8)20-7-19;15-10-2-1-9(4-12(10)17)19-6-8-3-11(16)13(18)5-14(8)20-7-19;15-9-1-2-13-8(3-9)6-19(7-20-13)14-11(17)4-10(16)5-12(14)18;15-10-1-4-14-9(5-10)7-18(8-19-14)11-2-3-12(16)13(17)6-11;15-10-1-3-11(4-2-10)18-7-9-5-12(16)13(17)6-14(9)19-8-18/h1-4H,5-6H2;4*1-5H,6-7H2;2*1-6H,7-8H2. The minimum atomic E-state index is -1.52. The molecule has 7 aliphatic rings. The number of nitrogens with zero attached hydrogens (tertiary/aromatic N) is 7. The van der Waals surface area contributed by atoms with E-state index in [4.69, 9.17) is 33.2 Å². The largest absolute Gasteiger partial charge is 0.473 e. The van der Waals surface area contributed by atoms with Crippen molar-refractivity contribution in [2.24, 2.45) is 0 Å². The molecule has 0 saturated heterocycles. The van der Waals surface area contributed by atoms with E-state index in [1.165, 1.54) is 94.7 Å². The molecule has 7 aliphatic heterocycles. The molecule has 0 amide bonds.